The molecule has 6 nitrogen and oxygen atoms in total. The van der Waals surface area contributed by atoms with Gasteiger partial charge in [0, 0.05) is 52.5 Å². The Balaban J connectivity index is 0.00000261. The van der Waals surface area contributed by atoms with Crippen molar-refractivity contribution in [1.82, 2.24) is 20.0 Å². The largest absolute Gasteiger partial charge is 0.366 e. The Bertz CT molecular complexity index is 739. The third kappa shape index (κ3) is 5.82. The lowest BCUT2D eigenvalue weighted by atomic mass is 10.2. The SMILES string of the molecule is CN=C(NCCCn1cc(C)cn1)N1CCN(c2ccccc2F)CC1.I. The van der Waals surface area contributed by atoms with Crippen LogP contribution in [0.15, 0.2) is 41.7 Å². The van der Waals surface area contributed by atoms with Crippen LogP contribution in [0.25, 0.3) is 0 Å². The minimum absolute atomic E-state index is 0. The monoisotopic (exact) mass is 486 g/mol. The van der Waals surface area contributed by atoms with Gasteiger partial charge in [-0.1, -0.05) is 12.1 Å². The first-order valence-electron chi connectivity index (χ1n) is 9.11. The van der Waals surface area contributed by atoms with Crippen molar-refractivity contribution in [2.24, 2.45) is 4.99 Å². The van der Waals surface area contributed by atoms with E-state index in [2.05, 4.69) is 31.4 Å². The van der Waals surface area contributed by atoms with Crippen molar-refractivity contribution in [1.29, 1.82) is 0 Å². The van der Waals surface area contributed by atoms with E-state index in [0.717, 1.165) is 51.6 Å². The van der Waals surface area contributed by atoms with Crippen molar-refractivity contribution in [3.63, 3.8) is 0 Å². The highest BCUT2D eigenvalue weighted by Gasteiger charge is 2.21. The minimum Gasteiger partial charge on any atom is -0.366 e. The van der Waals surface area contributed by atoms with E-state index in [0.29, 0.717) is 5.69 Å². The van der Waals surface area contributed by atoms with Crippen LogP contribution in [0.2, 0.25) is 0 Å². The Labute approximate surface area is 177 Å². The molecule has 2 aromatic rings. The molecule has 0 radical (unpaired) electrons. The predicted molar refractivity (Wildman–Crippen MR) is 119 cm³/mol. The van der Waals surface area contributed by atoms with Gasteiger partial charge >= 0.3 is 0 Å². The fourth-order valence-corrected chi connectivity index (χ4v) is 3.23. The molecule has 1 fully saturated rings. The molecule has 0 amide bonds. The summed E-state index contributed by atoms with van der Waals surface area (Å²) in [5.41, 5.74) is 1.87. The Morgan fingerprint density at radius 3 is 2.59 bits per heavy atom. The summed E-state index contributed by atoms with van der Waals surface area (Å²) < 4.78 is 15.9. The molecule has 1 aliphatic heterocycles. The van der Waals surface area contributed by atoms with E-state index in [9.17, 15) is 4.39 Å². The molecule has 3 rings (SSSR count). The minimum atomic E-state index is -0.155. The van der Waals surface area contributed by atoms with Gasteiger partial charge in [0.1, 0.15) is 5.82 Å². The molecule has 0 aliphatic carbocycles. The maximum atomic E-state index is 13.9. The van der Waals surface area contributed by atoms with Gasteiger partial charge in [-0.25, -0.2) is 4.39 Å². The number of nitrogens with zero attached hydrogens (tertiary/aromatic N) is 5. The smallest absolute Gasteiger partial charge is 0.193 e. The topological polar surface area (TPSA) is 48.7 Å². The van der Waals surface area contributed by atoms with E-state index in [1.54, 1.807) is 6.07 Å². The molecule has 0 saturated carbocycles. The number of aromatic nitrogens is 2. The van der Waals surface area contributed by atoms with Crippen molar-refractivity contribution in [2.45, 2.75) is 19.9 Å². The number of anilines is 1. The van der Waals surface area contributed by atoms with E-state index < -0.39 is 0 Å². The fraction of sp³-hybridized carbons (Fsp3) is 0.474. The molecule has 1 saturated heterocycles. The highest BCUT2D eigenvalue weighted by Crippen LogP contribution is 2.20. The quantitative estimate of drug-likeness (QED) is 0.306. The number of guanidine groups is 1. The van der Waals surface area contributed by atoms with Crippen LogP contribution in [0.4, 0.5) is 10.1 Å². The molecule has 0 unspecified atom stereocenters. The van der Waals surface area contributed by atoms with E-state index in [1.807, 2.05) is 37.0 Å². The number of halogens is 2. The molecule has 1 aromatic carbocycles. The van der Waals surface area contributed by atoms with Crippen molar-refractivity contribution in [2.75, 3.05) is 44.7 Å². The van der Waals surface area contributed by atoms with Gasteiger partial charge in [0.2, 0.25) is 0 Å². The number of nitrogens with one attached hydrogen (secondary N) is 1. The summed E-state index contributed by atoms with van der Waals surface area (Å²) in [5.74, 6) is 0.757. The molecule has 8 heteroatoms. The van der Waals surface area contributed by atoms with Crippen molar-refractivity contribution in [3.05, 3.63) is 48.0 Å². The highest BCUT2D eigenvalue weighted by atomic mass is 127. The zero-order valence-electron chi connectivity index (χ0n) is 15.9. The number of aryl methyl sites for hydroxylation is 2. The molecule has 1 aromatic heterocycles. The van der Waals surface area contributed by atoms with Gasteiger partial charge in [-0.15, -0.1) is 24.0 Å². The maximum absolute atomic E-state index is 13.9. The first kappa shape index (κ1) is 21.5. The van der Waals surface area contributed by atoms with Crippen LogP contribution in [-0.2, 0) is 6.54 Å². The van der Waals surface area contributed by atoms with Crippen LogP contribution in [-0.4, -0.2) is 60.4 Å². The van der Waals surface area contributed by atoms with Gasteiger partial charge in [0.25, 0.3) is 0 Å². The van der Waals surface area contributed by atoms with Crippen LogP contribution >= 0.6 is 24.0 Å². The van der Waals surface area contributed by atoms with E-state index in [1.165, 1.54) is 11.6 Å². The van der Waals surface area contributed by atoms with Crippen molar-refractivity contribution >= 4 is 35.6 Å². The molecular formula is C19H28FIN6. The average Bonchev–Trinajstić information content (AvgIpc) is 3.08. The lowest BCUT2D eigenvalue weighted by Crippen LogP contribution is -2.52. The normalized spacial score (nSPS) is 14.9. The second-order valence-electron chi connectivity index (χ2n) is 6.53. The summed E-state index contributed by atoms with van der Waals surface area (Å²) in [6.45, 7) is 7.00. The summed E-state index contributed by atoms with van der Waals surface area (Å²) >= 11 is 0. The third-order valence-corrected chi connectivity index (χ3v) is 4.59. The number of rotatable bonds is 5. The van der Waals surface area contributed by atoms with Gasteiger partial charge < -0.3 is 15.1 Å². The van der Waals surface area contributed by atoms with Crippen LogP contribution in [0.1, 0.15) is 12.0 Å². The maximum Gasteiger partial charge on any atom is 0.193 e. The number of piperazine rings is 1. The zero-order chi connectivity index (χ0) is 18.4. The summed E-state index contributed by atoms with van der Waals surface area (Å²) in [5, 5.41) is 7.72. The predicted octanol–water partition coefficient (Wildman–Crippen LogP) is 2.74. The molecule has 0 spiro atoms. The Morgan fingerprint density at radius 2 is 1.96 bits per heavy atom. The Kier molecular flexibility index (Phi) is 8.33. The van der Waals surface area contributed by atoms with Gasteiger partial charge in [0.05, 0.1) is 11.9 Å². The summed E-state index contributed by atoms with van der Waals surface area (Å²) in [6.07, 6.45) is 4.91. The Hall–Kier alpha value is -1.84. The molecule has 1 N–H and O–H groups in total. The molecule has 0 bridgehead atoms. The number of hydrogen-bond acceptors (Lipinski definition) is 3. The number of para-hydroxylation sites is 1. The van der Waals surface area contributed by atoms with E-state index >= 15 is 0 Å². The second-order valence-corrected chi connectivity index (χ2v) is 6.53. The van der Waals surface area contributed by atoms with Gasteiger partial charge in [-0.05, 0) is 31.0 Å². The van der Waals surface area contributed by atoms with Crippen LogP contribution in [0, 0.1) is 12.7 Å². The summed E-state index contributed by atoms with van der Waals surface area (Å²) in [7, 11) is 1.81. The van der Waals surface area contributed by atoms with Crippen molar-refractivity contribution in [3.8, 4) is 0 Å². The van der Waals surface area contributed by atoms with E-state index in [4.69, 9.17) is 0 Å². The van der Waals surface area contributed by atoms with E-state index in [-0.39, 0.29) is 29.8 Å². The molecule has 0 atom stereocenters. The molecular weight excluding hydrogens is 458 g/mol. The fourth-order valence-electron chi connectivity index (χ4n) is 3.23. The lowest BCUT2D eigenvalue weighted by molar-refractivity contribution is 0.370. The van der Waals surface area contributed by atoms with Crippen molar-refractivity contribution < 1.29 is 4.39 Å². The molecule has 27 heavy (non-hydrogen) atoms. The number of hydrogen-bond donors (Lipinski definition) is 1. The van der Waals surface area contributed by atoms with Gasteiger partial charge in [-0.2, -0.15) is 5.10 Å². The van der Waals surface area contributed by atoms with Crippen LogP contribution in [0.5, 0.6) is 0 Å². The zero-order valence-corrected chi connectivity index (χ0v) is 18.3. The van der Waals surface area contributed by atoms with Crippen LogP contribution < -0.4 is 10.2 Å². The third-order valence-electron chi connectivity index (χ3n) is 4.59. The van der Waals surface area contributed by atoms with Gasteiger partial charge in [0.15, 0.2) is 5.96 Å². The standard InChI is InChI=1S/C19H27FN6.HI/c1-16-14-23-26(15-16)9-5-8-22-19(21-2)25-12-10-24(11-13-25)18-7-4-3-6-17(18)20;/h3-4,6-7,14-15H,5,8-13H2,1-2H3,(H,21,22);1H. The van der Waals surface area contributed by atoms with Gasteiger partial charge in [-0.3, -0.25) is 9.67 Å². The lowest BCUT2D eigenvalue weighted by Gasteiger charge is -2.37. The number of aliphatic imine (C=N–C) groups is 1. The number of benzene rings is 1. The molecule has 148 valence electrons. The Morgan fingerprint density at radius 1 is 1.22 bits per heavy atom. The summed E-state index contributed by atoms with van der Waals surface area (Å²) in [4.78, 5) is 8.72. The first-order valence-corrected chi connectivity index (χ1v) is 9.11. The second kappa shape index (κ2) is 10.5. The average molecular weight is 486 g/mol. The first-order chi connectivity index (χ1) is 12.7. The molecule has 1 aliphatic rings. The van der Waals surface area contributed by atoms with Crippen LogP contribution in [0.3, 0.4) is 0 Å². The summed E-state index contributed by atoms with van der Waals surface area (Å²) in [6, 6.07) is 6.97. The highest BCUT2D eigenvalue weighted by molar-refractivity contribution is 14.0. The molecule has 2 heterocycles.